The Balaban J connectivity index is 3.53. The lowest BCUT2D eigenvalue weighted by atomic mass is 10.0. The van der Waals surface area contributed by atoms with Crippen molar-refractivity contribution < 1.29 is 30.3 Å². The molecule has 7 heteroatoms. The highest BCUT2D eigenvalue weighted by Crippen LogP contribution is 2.10. The van der Waals surface area contributed by atoms with Crippen LogP contribution in [0, 0.1) is 0 Å². The molecule has 0 aromatic heterocycles. The van der Waals surface area contributed by atoms with Crippen molar-refractivity contribution in [2.75, 3.05) is 13.2 Å². The van der Waals surface area contributed by atoms with Gasteiger partial charge in [-0.25, -0.2) is 0 Å². The van der Waals surface area contributed by atoms with E-state index >= 15 is 0 Å². The van der Waals surface area contributed by atoms with Gasteiger partial charge in [-0.3, -0.25) is 4.79 Å². The molecule has 0 aliphatic rings. The summed E-state index contributed by atoms with van der Waals surface area (Å²) in [6.07, 6.45) is 14.3. The van der Waals surface area contributed by atoms with E-state index in [9.17, 15) is 25.2 Å². The first kappa shape index (κ1) is 30.0. The summed E-state index contributed by atoms with van der Waals surface area (Å²) in [4.78, 5) is 11.8. The second-order valence-electron chi connectivity index (χ2n) is 8.40. The number of carbonyl (C=O) groups is 1. The number of carbonyl (C=O) groups excluding carboxylic acids is 1. The maximum Gasteiger partial charge on any atom is 0.251 e. The third kappa shape index (κ3) is 16.3. The maximum absolute atomic E-state index is 11.8. The molecule has 184 valence electrons. The van der Waals surface area contributed by atoms with E-state index in [-0.39, 0.29) is 0 Å². The first-order valence-electron chi connectivity index (χ1n) is 12.2. The summed E-state index contributed by atoms with van der Waals surface area (Å²) in [5, 5.41) is 49.4. The summed E-state index contributed by atoms with van der Waals surface area (Å²) in [7, 11) is 0. The standard InChI is InChI=1S/C24H47NO6/c1-2-3-4-5-6-7-8-9-10-11-12-13-14-15-16-17-18-25-24(31)23(30)22(29)21(28)20(27)19-26/h9-10,20-23,26-30H,2-8,11-19H2,1H3,(H,25,31)/t20-,21-,22+,23-/m1/s1. The molecule has 0 spiro atoms. The Bertz CT molecular complexity index is 446. The van der Waals surface area contributed by atoms with Gasteiger partial charge < -0.3 is 30.8 Å². The van der Waals surface area contributed by atoms with Crippen LogP contribution in [-0.2, 0) is 4.79 Å². The molecule has 0 heterocycles. The Morgan fingerprint density at radius 1 is 0.742 bits per heavy atom. The predicted molar refractivity (Wildman–Crippen MR) is 124 cm³/mol. The Morgan fingerprint density at radius 2 is 1.23 bits per heavy atom. The van der Waals surface area contributed by atoms with E-state index in [0.29, 0.717) is 6.54 Å². The van der Waals surface area contributed by atoms with Gasteiger partial charge in [0.1, 0.15) is 18.3 Å². The van der Waals surface area contributed by atoms with E-state index in [4.69, 9.17) is 5.11 Å². The number of hydrogen-bond acceptors (Lipinski definition) is 6. The Labute approximate surface area is 188 Å². The smallest absolute Gasteiger partial charge is 0.251 e. The molecule has 0 saturated carbocycles. The molecule has 0 aromatic carbocycles. The minimum Gasteiger partial charge on any atom is -0.394 e. The van der Waals surface area contributed by atoms with Crippen molar-refractivity contribution in [3.8, 4) is 0 Å². The number of aliphatic hydroxyl groups excluding tert-OH is 5. The molecular formula is C24H47NO6. The molecular weight excluding hydrogens is 398 g/mol. The Kier molecular flexibility index (Phi) is 20.2. The van der Waals surface area contributed by atoms with Gasteiger partial charge in [0.25, 0.3) is 5.91 Å². The van der Waals surface area contributed by atoms with Crippen LogP contribution in [-0.4, -0.2) is 69.0 Å². The van der Waals surface area contributed by atoms with Crippen LogP contribution in [0.4, 0.5) is 0 Å². The van der Waals surface area contributed by atoms with Crippen LogP contribution in [0.5, 0.6) is 0 Å². The van der Waals surface area contributed by atoms with E-state index in [2.05, 4.69) is 24.4 Å². The highest BCUT2D eigenvalue weighted by molar-refractivity contribution is 5.81. The zero-order chi connectivity index (χ0) is 23.3. The Morgan fingerprint density at radius 3 is 1.74 bits per heavy atom. The molecule has 7 nitrogen and oxygen atoms in total. The fraction of sp³-hybridized carbons (Fsp3) is 0.875. The van der Waals surface area contributed by atoms with Crippen molar-refractivity contribution in [1.82, 2.24) is 5.32 Å². The number of unbranched alkanes of at least 4 members (excludes halogenated alkanes) is 12. The number of amides is 1. The molecule has 0 aliphatic carbocycles. The van der Waals surface area contributed by atoms with Crippen LogP contribution in [0.3, 0.4) is 0 Å². The zero-order valence-electron chi connectivity index (χ0n) is 19.4. The van der Waals surface area contributed by atoms with Gasteiger partial charge in [0.05, 0.1) is 6.61 Å². The van der Waals surface area contributed by atoms with E-state index in [1.54, 1.807) is 0 Å². The molecule has 0 unspecified atom stereocenters. The van der Waals surface area contributed by atoms with E-state index in [1.165, 1.54) is 57.8 Å². The molecule has 0 fully saturated rings. The number of rotatable bonds is 21. The first-order chi connectivity index (χ1) is 15.0. The normalized spacial score (nSPS) is 15.7. The molecule has 0 rings (SSSR count). The summed E-state index contributed by atoms with van der Waals surface area (Å²) in [6.45, 7) is 1.85. The molecule has 31 heavy (non-hydrogen) atoms. The fourth-order valence-electron chi connectivity index (χ4n) is 3.37. The van der Waals surface area contributed by atoms with Crippen molar-refractivity contribution in [2.45, 2.75) is 121 Å². The third-order valence-corrected chi connectivity index (χ3v) is 5.51. The highest BCUT2D eigenvalue weighted by atomic mass is 16.4. The number of nitrogens with one attached hydrogen (secondary N) is 1. The van der Waals surface area contributed by atoms with Gasteiger partial charge in [-0.05, 0) is 32.1 Å². The average Bonchev–Trinajstić information content (AvgIpc) is 2.78. The molecule has 1 amide bonds. The van der Waals surface area contributed by atoms with Crippen LogP contribution in [0.25, 0.3) is 0 Å². The van der Waals surface area contributed by atoms with Crippen molar-refractivity contribution in [3.63, 3.8) is 0 Å². The average molecular weight is 446 g/mol. The fourth-order valence-corrected chi connectivity index (χ4v) is 3.37. The van der Waals surface area contributed by atoms with Gasteiger partial charge >= 0.3 is 0 Å². The van der Waals surface area contributed by atoms with Crippen LogP contribution < -0.4 is 5.32 Å². The van der Waals surface area contributed by atoms with Crippen molar-refractivity contribution >= 4 is 5.91 Å². The first-order valence-corrected chi connectivity index (χ1v) is 12.2. The van der Waals surface area contributed by atoms with Crippen molar-refractivity contribution in [3.05, 3.63) is 12.2 Å². The second-order valence-corrected chi connectivity index (χ2v) is 8.40. The lowest BCUT2D eigenvalue weighted by molar-refractivity contribution is -0.148. The summed E-state index contributed by atoms with van der Waals surface area (Å²) in [5.41, 5.74) is 0. The van der Waals surface area contributed by atoms with Crippen LogP contribution in [0.15, 0.2) is 12.2 Å². The van der Waals surface area contributed by atoms with Gasteiger partial charge in [0, 0.05) is 6.54 Å². The minimum atomic E-state index is -1.86. The number of aliphatic hydroxyl groups is 5. The van der Waals surface area contributed by atoms with Crippen LogP contribution >= 0.6 is 0 Å². The van der Waals surface area contributed by atoms with E-state index in [1.807, 2.05) is 0 Å². The maximum atomic E-state index is 11.8. The molecule has 0 aromatic rings. The lowest BCUT2D eigenvalue weighted by Gasteiger charge is -2.24. The van der Waals surface area contributed by atoms with Crippen molar-refractivity contribution in [2.24, 2.45) is 0 Å². The summed E-state index contributed by atoms with van der Waals surface area (Å²) < 4.78 is 0. The number of hydrogen-bond donors (Lipinski definition) is 6. The summed E-state index contributed by atoms with van der Waals surface area (Å²) in [5.74, 6) is -0.801. The number of allylic oxidation sites excluding steroid dienone is 2. The zero-order valence-corrected chi connectivity index (χ0v) is 19.4. The molecule has 4 atom stereocenters. The van der Waals surface area contributed by atoms with Crippen molar-refractivity contribution in [1.29, 1.82) is 0 Å². The molecule has 0 saturated heterocycles. The van der Waals surface area contributed by atoms with Gasteiger partial charge in [0.15, 0.2) is 6.10 Å². The minimum absolute atomic E-state index is 0.377. The van der Waals surface area contributed by atoms with Crippen LogP contribution in [0.2, 0.25) is 0 Å². The largest absolute Gasteiger partial charge is 0.394 e. The Hall–Kier alpha value is -0.990. The topological polar surface area (TPSA) is 130 Å². The van der Waals surface area contributed by atoms with Gasteiger partial charge in [-0.2, -0.15) is 0 Å². The quantitative estimate of drug-likeness (QED) is 0.119. The van der Waals surface area contributed by atoms with Gasteiger partial charge in [0.2, 0.25) is 0 Å². The molecule has 0 bridgehead atoms. The summed E-state index contributed by atoms with van der Waals surface area (Å²) in [6, 6.07) is 0. The summed E-state index contributed by atoms with van der Waals surface area (Å²) >= 11 is 0. The second kappa shape index (κ2) is 20.9. The van der Waals surface area contributed by atoms with Crippen LogP contribution in [0.1, 0.15) is 96.8 Å². The van der Waals surface area contributed by atoms with Gasteiger partial charge in [-0.1, -0.05) is 76.9 Å². The monoisotopic (exact) mass is 445 g/mol. The molecule has 0 radical (unpaired) electrons. The highest BCUT2D eigenvalue weighted by Gasteiger charge is 2.33. The third-order valence-electron chi connectivity index (χ3n) is 5.51. The SMILES string of the molecule is CCCCCCCCC=CCCCCCCCCNC(=O)[C@H](O)[C@@H](O)[C@H](O)[C@H](O)CO. The predicted octanol–water partition coefficient (Wildman–Crippen LogP) is 2.58. The van der Waals surface area contributed by atoms with Gasteiger partial charge in [-0.15, -0.1) is 0 Å². The molecule has 0 aliphatic heterocycles. The van der Waals surface area contributed by atoms with E-state index in [0.717, 1.165) is 32.1 Å². The lowest BCUT2D eigenvalue weighted by Crippen LogP contribution is -2.51. The molecule has 6 N–H and O–H groups in total. The van der Waals surface area contributed by atoms with E-state index < -0.39 is 36.9 Å².